The van der Waals surface area contributed by atoms with E-state index in [0.29, 0.717) is 17.4 Å². The molecule has 0 radical (unpaired) electrons. The van der Waals surface area contributed by atoms with E-state index in [2.05, 4.69) is 37.8 Å². The van der Waals surface area contributed by atoms with E-state index >= 15 is 0 Å². The highest BCUT2D eigenvalue weighted by Gasteiger charge is 2.74. The number of nitrogens with zero attached hydrogens (tertiary/aromatic N) is 4. The maximum atomic E-state index is 13.9. The number of hydrogen-bond donors (Lipinski definition) is 0. The summed E-state index contributed by atoms with van der Waals surface area (Å²) in [5.74, 6) is 5.81. The van der Waals surface area contributed by atoms with Crippen molar-refractivity contribution in [3.05, 3.63) is 47.0 Å². The number of benzene rings is 1. The molecule has 2 spiro atoms. The molecule has 1 amide bonds. The zero-order chi connectivity index (χ0) is 25.6. The first-order chi connectivity index (χ1) is 18.6. The average Bonchev–Trinajstić information content (AvgIpc) is 3.73. The van der Waals surface area contributed by atoms with Gasteiger partial charge < -0.3 is 14.4 Å². The molecule has 7 aliphatic rings. The van der Waals surface area contributed by atoms with Crippen LogP contribution in [0.3, 0.4) is 0 Å². The summed E-state index contributed by atoms with van der Waals surface area (Å²) in [4.78, 5) is 27.6. The molecule has 0 N–H and O–H groups in total. The molecule has 5 atom stereocenters. The number of fused-ring (bicyclic) bond motifs is 3. The molecular formula is C31H34N4O3. The molecule has 7 heteroatoms. The van der Waals surface area contributed by atoms with Crippen molar-refractivity contribution in [2.24, 2.45) is 11.3 Å². The van der Waals surface area contributed by atoms with Crippen LogP contribution >= 0.6 is 0 Å². The monoisotopic (exact) mass is 510 g/mol. The molecule has 5 heterocycles. The summed E-state index contributed by atoms with van der Waals surface area (Å²) in [6, 6.07) is 4.94. The summed E-state index contributed by atoms with van der Waals surface area (Å²) in [5, 5.41) is 0. The van der Waals surface area contributed by atoms with Crippen molar-refractivity contribution < 1.29 is 14.3 Å². The number of carbonyl (C=O) groups excluding carboxylic acids is 1. The van der Waals surface area contributed by atoms with Crippen molar-refractivity contribution in [2.45, 2.75) is 75.0 Å². The molecule has 1 aromatic heterocycles. The van der Waals surface area contributed by atoms with Gasteiger partial charge in [0.1, 0.15) is 11.9 Å². The molecule has 2 saturated carbocycles. The molecule has 2 aromatic rings. The van der Waals surface area contributed by atoms with E-state index in [1.165, 1.54) is 30.5 Å². The third-order valence-corrected chi connectivity index (χ3v) is 10.9. The molecule has 0 unspecified atom stereocenters. The van der Waals surface area contributed by atoms with Gasteiger partial charge in [-0.3, -0.25) is 9.69 Å². The molecule has 196 valence electrons. The number of terminal acetylenes is 1. The molecule has 5 fully saturated rings. The van der Waals surface area contributed by atoms with E-state index in [-0.39, 0.29) is 35.3 Å². The smallest absolute Gasteiger partial charge is 0.230 e. The number of ether oxygens (including phenoxy) is 2. The zero-order valence-electron chi connectivity index (χ0n) is 22.0. The minimum absolute atomic E-state index is 0.0386. The van der Waals surface area contributed by atoms with E-state index in [1.807, 2.05) is 0 Å². The van der Waals surface area contributed by atoms with Gasteiger partial charge in [0.15, 0.2) is 11.5 Å². The Hall–Kier alpha value is -3.11. The molecule has 7 nitrogen and oxygen atoms in total. The number of amides is 1. The first-order valence-corrected chi connectivity index (χ1v) is 14.3. The van der Waals surface area contributed by atoms with E-state index in [1.54, 1.807) is 19.5 Å². The quantitative estimate of drug-likeness (QED) is 0.576. The van der Waals surface area contributed by atoms with Crippen molar-refractivity contribution in [2.75, 3.05) is 26.7 Å². The lowest BCUT2D eigenvalue weighted by Gasteiger charge is -2.66. The molecule has 4 bridgehead atoms. The Morgan fingerprint density at radius 2 is 2.03 bits per heavy atom. The fourth-order valence-electron chi connectivity index (χ4n) is 9.21. The fourth-order valence-corrected chi connectivity index (χ4v) is 9.21. The van der Waals surface area contributed by atoms with Crippen LogP contribution in [0.15, 0.2) is 24.5 Å². The Morgan fingerprint density at radius 3 is 2.79 bits per heavy atom. The summed E-state index contributed by atoms with van der Waals surface area (Å²) in [5.41, 5.74) is 3.54. The highest BCUT2D eigenvalue weighted by molar-refractivity contribution is 5.79. The molecule has 3 aliphatic carbocycles. The van der Waals surface area contributed by atoms with Gasteiger partial charge in [-0.1, -0.05) is 12.0 Å². The minimum Gasteiger partial charge on any atom is -0.493 e. The van der Waals surface area contributed by atoms with Crippen LogP contribution in [-0.4, -0.2) is 70.6 Å². The van der Waals surface area contributed by atoms with Crippen LogP contribution in [0, 0.1) is 23.7 Å². The van der Waals surface area contributed by atoms with Gasteiger partial charge in [0.2, 0.25) is 5.91 Å². The summed E-state index contributed by atoms with van der Waals surface area (Å²) in [7, 11) is 1.74. The summed E-state index contributed by atoms with van der Waals surface area (Å²) >= 11 is 0. The lowest BCUT2D eigenvalue weighted by Crippen LogP contribution is -2.72. The van der Waals surface area contributed by atoms with E-state index in [0.717, 1.165) is 62.6 Å². The van der Waals surface area contributed by atoms with Gasteiger partial charge in [0, 0.05) is 47.9 Å². The third-order valence-electron chi connectivity index (χ3n) is 10.9. The predicted molar refractivity (Wildman–Crippen MR) is 141 cm³/mol. The summed E-state index contributed by atoms with van der Waals surface area (Å²) < 4.78 is 12.8. The van der Waals surface area contributed by atoms with Crippen LogP contribution in [0.25, 0.3) is 0 Å². The number of likely N-dealkylation sites (tertiary alicyclic amines) is 1. The number of piperidine rings is 1. The highest BCUT2D eigenvalue weighted by atomic mass is 16.5. The van der Waals surface area contributed by atoms with E-state index < -0.39 is 0 Å². The number of methoxy groups -OCH3 is 1. The molecular weight excluding hydrogens is 476 g/mol. The van der Waals surface area contributed by atoms with Crippen molar-refractivity contribution >= 4 is 5.91 Å². The van der Waals surface area contributed by atoms with Crippen LogP contribution in [-0.2, 0) is 23.1 Å². The maximum Gasteiger partial charge on any atom is 0.230 e. The van der Waals surface area contributed by atoms with Crippen LogP contribution in [0.1, 0.15) is 61.0 Å². The topological polar surface area (TPSA) is 67.8 Å². The van der Waals surface area contributed by atoms with Crippen LogP contribution < -0.4 is 9.47 Å². The number of carbonyl (C=O) groups is 1. The van der Waals surface area contributed by atoms with Gasteiger partial charge in [-0.25, -0.2) is 9.97 Å². The standard InChI is InChI=1S/C31H34N4O3/c1-3-19-16-32-25(33-17-19)15-26(36)35-13-10-30-9-8-22(35)29-31(30)11-12-34(18-20-4-5-20)24(30)14-21-6-7-23(37-2)28(38-29)27(21)31/h1,6-7,16-17,20,22,24,29H,4-5,8-15,18H2,2H3/t22-,24-,29+,30-,31+/m1/s1. The van der Waals surface area contributed by atoms with Crippen LogP contribution in [0.4, 0.5) is 0 Å². The third kappa shape index (κ3) is 2.87. The van der Waals surface area contributed by atoms with E-state index in [9.17, 15) is 4.79 Å². The van der Waals surface area contributed by atoms with Crippen molar-refractivity contribution in [1.82, 2.24) is 19.8 Å². The van der Waals surface area contributed by atoms with Crippen molar-refractivity contribution in [1.29, 1.82) is 0 Å². The lowest BCUT2D eigenvalue weighted by molar-refractivity contribution is -0.143. The van der Waals surface area contributed by atoms with Gasteiger partial charge >= 0.3 is 0 Å². The Kier molecular flexibility index (Phi) is 4.78. The SMILES string of the molecule is C#Cc1cnc(CC(=O)N2CC[C@@]34CC[C@@H]2[C@@H]2Oc5c(OC)ccc6c5[C@@]23CCN(CC2CC2)[C@@H]4C6)nc1. The first kappa shape index (κ1) is 22.8. The first-order valence-electron chi connectivity index (χ1n) is 14.3. The maximum absolute atomic E-state index is 13.9. The minimum atomic E-state index is -0.0575. The van der Waals surface area contributed by atoms with E-state index in [4.69, 9.17) is 15.9 Å². The number of aromatic nitrogens is 2. The van der Waals surface area contributed by atoms with Crippen LogP contribution in [0.2, 0.25) is 0 Å². The van der Waals surface area contributed by atoms with Gasteiger partial charge in [0.05, 0.1) is 25.1 Å². The second-order valence-corrected chi connectivity index (χ2v) is 12.4. The van der Waals surface area contributed by atoms with Crippen molar-refractivity contribution in [3.8, 4) is 23.8 Å². The second kappa shape index (κ2) is 7.95. The second-order valence-electron chi connectivity index (χ2n) is 12.4. The number of rotatable bonds is 5. The van der Waals surface area contributed by atoms with Crippen molar-refractivity contribution in [3.63, 3.8) is 0 Å². The lowest BCUT2D eigenvalue weighted by atomic mass is 9.42. The predicted octanol–water partition coefficient (Wildman–Crippen LogP) is 3.13. The van der Waals surface area contributed by atoms with Gasteiger partial charge in [-0.2, -0.15) is 0 Å². The largest absolute Gasteiger partial charge is 0.493 e. The Morgan fingerprint density at radius 1 is 1.18 bits per heavy atom. The molecule has 4 aliphatic heterocycles. The summed E-state index contributed by atoms with van der Waals surface area (Å²) in [6.07, 6.45) is 16.9. The Labute approximate surface area is 223 Å². The normalized spacial score (nSPS) is 34.2. The summed E-state index contributed by atoms with van der Waals surface area (Å²) in [6.45, 7) is 3.12. The van der Waals surface area contributed by atoms with Gasteiger partial charge in [-0.05, 0) is 69.0 Å². The molecule has 1 aromatic carbocycles. The van der Waals surface area contributed by atoms with Gasteiger partial charge in [0.25, 0.3) is 0 Å². The zero-order valence-corrected chi connectivity index (χ0v) is 22.0. The average molecular weight is 511 g/mol. The van der Waals surface area contributed by atoms with Crippen LogP contribution in [0.5, 0.6) is 11.5 Å². The Bertz CT molecular complexity index is 1360. The number of hydrogen-bond acceptors (Lipinski definition) is 6. The van der Waals surface area contributed by atoms with Gasteiger partial charge in [-0.15, -0.1) is 6.42 Å². The molecule has 38 heavy (non-hydrogen) atoms. The Balaban J connectivity index is 1.21. The highest BCUT2D eigenvalue weighted by Crippen LogP contribution is 2.71. The molecule has 9 rings (SSSR count). The fraction of sp³-hybridized carbons (Fsp3) is 0.581. The molecule has 3 saturated heterocycles.